The van der Waals surface area contributed by atoms with Gasteiger partial charge in [0.25, 0.3) is 0 Å². The molecule has 4 aliphatic heterocycles. The van der Waals surface area contributed by atoms with E-state index in [9.17, 15) is 20.0 Å². The van der Waals surface area contributed by atoms with Gasteiger partial charge in [-0.1, -0.05) is 19.9 Å². The smallest absolute Gasteiger partial charge is 0.238 e. The van der Waals surface area contributed by atoms with E-state index in [-0.39, 0.29) is 35.7 Å². The highest BCUT2D eigenvalue weighted by atomic mass is 16.8. The molecule has 0 bridgehead atoms. The zero-order valence-electron chi connectivity index (χ0n) is 20.7. The van der Waals surface area contributed by atoms with Crippen molar-refractivity contribution in [2.75, 3.05) is 25.1 Å². The number of hydrogen-bond donors (Lipinski definition) is 1. The van der Waals surface area contributed by atoms with Crippen LogP contribution < -0.4 is 9.64 Å². The Balaban J connectivity index is 1.62. The summed E-state index contributed by atoms with van der Waals surface area (Å²) in [5, 5.41) is 23.8. The molecule has 1 saturated carbocycles. The molecule has 0 radical (unpaired) electrons. The number of piperidine rings is 1. The summed E-state index contributed by atoms with van der Waals surface area (Å²) in [7, 11) is 1.54. The van der Waals surface area contributed by atoms with Crippen molar-refractivity contribution in [3.05, 3.63) is 28.5 Å². The van der Waals surface area contributed by atoms with Gasteiger partial charge in [0.15, 0.2) is 5.78 Å². The molecule has 8 nitrogen and oxygen atoms in total. The monoisotopic (exact) mass is 468 g/mol. The van der Waals surface area contributed by atoms with E-state index < -0.39 is 21.9 Å². The third-order valence-corrected chi connectivity index (χ3v) is 10.1. The van der Waals surface area contributed by atoms with E-state index in [1.165, 1.54) is 0 Å². The van der Waals surface area contributed by atoms with Crippen molar-refractivity contribution in [3.63, 3.8) is 0 Å². The zero-order valence-corrected chi connectivity index (χ0v) is 20.7. The molecule has 1 aliphatic carbocycles. The van der Waals surface area contributed by atoms with Gasteiger partial charge in [-0.05, 0) is 69.0 Å². The van der Waals surface area contributed by atoms with Crippen LogP contribution in [-0.4, -0.2) is 64.3 Å². The van der Waals surface area contributed by atoms with Crippen LogP contribution >= 0.6 is 0 Å². The van der Waals surface area contributed by atoms with Gasteiger partial charge in [-0.15, -0.1) is 0 Å². The number of nitrogens with zero attached hydrogens (tertiary/aromatic N) is 3. The van der Waals surface area contributed by atoms with E-state index in [1.54, 1.807) is 13.2 Å². The van der Waals surface area contributed by atoms with Crippen LogP contribution in [0.4, 0.5) is 5.69 Å². The molecule has 1 aromatic carbocycles. The standard InChI is InChI=1S/C26H34N3O5/c1-23(2)12-17(30)20-18(34-5)9-8-16-21(20)28(23)22(31)26(16)13-25(29(32)33)14-27-10-6-7-15(27)11-19(25)24(26,3)4/h8-9,15,19,32H,6-7,10-14H2,1-5H3/q-1/t15-,19+,25+,26-/m1/s1. The number of methoxy groups -OCH3 is 1. The fourth-order valence-corrected chi connectivity index (χ4v) is 8.64. The normalized spacial score (nSPS) is 37.4. The molecule has 6 rings (SSSR count). The Hall–Kier alpha value is -2.00. The summed E-state index contributed by atoms with van der Waals surface area (Å²) < 4.78 is 5.56. The van der Waals surface area contributed by atoms with Crippen LogP contribution in [0.3, 0.4) is 0 Å². The number of rotatable bonds is 2. The Kier molecular flexibility index (Phi) is 4.36. The molecule has 1 amide bonds. The summed E-state index contributed by atoms with van der Waals surface area (Å²) in [5.41, 5.74) is -1.48. The van der Waals surface area contributed by atoms with Crippen LogP contribution in [-0.2, 0) is 10.2 Å². The largest absolute Gasteiger partial charge is 0.762 e. The minimum atomic E-state index is -1.07. The minimum absolute atomic E-state index is 0.0315. The summed E-state index contributed by atoms with van der Waals surface area (Å²) in [5.74, 6) is 0.222. The summed E-state index contributed by atoms with van der Waals surface area (Å²) in [6.45, 7) is 9.42. The molecule has 34 heavy (non-hydrogen) atoms. The second kappa shape index (κ2) is 6.60. The maximum absolute atomic E-state index is 14.7. The average Bonchev–Trinajstić information content (AvgIpc) is 3.37. The lowest BCUT2D eigenvalue weighted by Crippen LogP contribution is -2.61. The number of carbonyl (C=O) groups is 2. The molecular weight excluding hydrogens is 434 g/mol. The molecule has 5 aliphatic rings. The number of ether oxygens (including phenoxy) is 1. The Morgan fingerprint density at radius 3 is 2.62 bits per heavy atom. The summed E-state index contributed by atoms with van der Waals surface area (Å²) in [4.78, 5) is 32.1. The molecule has 1 spiro atoms. The maximum atomic E-state index is 14.7. The number of hydroxylamine groups is 2. The van der Waals surface area contributed by atoms with Gasteiger partial charge in [0.1, 0.15) is 5.75 Å². The Morgan fingerprint density at radius 1 is 1.21 bits per heavy atom. The quantitative estimate of drug-likeness (QED) is 0.664. The van der Waals surface area contributed by atoms with Gasteiger partial charge in [-0.25, -0.2) is 0 Å². The highest BCUT2D eigenvalue weighted by Crippen LogP contribution is 2.70. The lowest BCUT2D eigenvalue weighted by Gasteiger charge is -2.55. The molecule has 1 aromatic rings. The van der Waals surface area contributed by atoms with Crippen molar-refractivity contribution in [3.8, 4) is 5.75 Å². The van der Waals surface area contributed by atoms with Gasteiger partial charge in [-0.3, -0.25) is 19.7 Å². The number of Topliss-reactive ketones (excluding diaryl/α,β-unsaturated/α-hetero) is 1. The lowest BCUT2D eigenvalue weighted by molar-refractivity contribution is -0.178. The Labute approximate surface area is 200 Å². The number of benzene rings is 1. The number of anilines is 1. The first-order valence-electron chi connectivity index (χ1n) is 12.4. The average molecular weight is 469 g/mol. The fraction of sp³-hybridized carbons (Fsp3) is 0.692. The molecule has 4 atom stereocenters. The molecule has 0 unspecified atom stereocenters. The molecule has 184 valence electrons. The summed E-state index contributed by atoms with van der Waals surface area (Å²) >= 11 is 0. The Morgan fingerprint density at radius 2 is 1.94 bits per heavy atom. The van der Waals surface area contributed by atoms with Crippen LogP contribution in [0.2, 0.25) is 0 Å². The van der Waals surface area contributed by atoms with Crippen molar-refractivity contribution < 1.29 is 19.5 Å². The van der Waals surface area contributed by atoms with Crippen molar-refractivity contribution in [1.82, 2.24) is 10.1 Å². The zero-order chi connectivity index (χ0) is 24.4. The molecule has 8 heteroatoms. The van der Waals surface area contributed by atoms with Crippen molar-refractivity contribution in [1.29, 1.82) is 0 Å². The molecule has 1 N–H and O–H groups in total. The molecule has 2 saturated heterocycles. The molecular formula is C26H34N3O5-. The van der Waals surface area contributed by atoms with Gasteiger partial charge < -0.3 is 20.1 Å². The van der Waals surface area contributed by atoms with E-state index in [4.69, 9.17) is 4.74 Å². The third-order valence-electron chi connectivity index (χ3n) is 10.1. The highest BCUT2D eigenvalue weighted by molar-refractivity contribution is 6.19. The van der Waals surface area contributed by atoms with E-state index in [1.807, 2.05) is 24.8 Å². The highest BCUT2D eigenvalue weighted by Gasteiger charge is 2.75. The SMILES string of the molecule is COc1ccc2c3c1C(=O)CC(C)(C)N3C(=O)[C@@]21C[C@]2(N([O-])O)CN3CCC[C@@H]3C[C@H]2C1(C)C. The van der Waals surface area contributed by atoms with Crippen LogP contribution in [0.25, 0.3) is 0 Å². The first-order chi connectivity index (χ1) is 15.9. The number of amides is 1. The van der Waals surface area contributed by atoms with Gasteiger partial charge in [0, 0.05) is 24.5 Å². The molecule has 0 aromatic heterocycles. The summed E-state index contributed by atoms with van der Waals surface area (Å²) in [6, 6.07) is 4.09. The molecule has 4 heterocycles. The van der Waals surface area contributed by atoms with Crippen LogP contribution in [0.15, 0.2) is 12.1 Å². The van der Waals surface area contributed by atoms with Gasteiger partial charge in [-0.2, -0.15) is 0 Å². The lowest BCUT2D eigenvalue weighted by atomic mass is 9.60. The van der Waals surface area contributed by atoms with Gasteiger partial charge in [0.05, 0.1) is 29.3 Å². The predicted molar refractivity (Wildman–Crippen MR) is 126 cm³/mol. The van der Waals surface area contributed by atoms with Gasteiger partial charge in [0.2, 0.25) is 5.91 Å². The van der Waals surface area contributed by atoms with Crippen LogP contribution in [0.5, 0.6) is 5.75 Å². The number of carbonyl (C=O) groups excluding carboxylic acids is 2. The van der Waals surface area contributed by atoms with Gasteiger partial charge >= 0.3 is 0 Å². The van der Waals surface area contributed by atoms with Crippen molar-refractivity contribution in [2.24, 2.45) is 11.3 Å². The number of ketones is 1. The third kappa shape index (κ3) is 2.33. The van der Waals surface area contributed by atoms with E-state index in [2.05, 4.69) is 18.7 Å². The fourth-order valence-electron chi connectivity index (χ4n) is 8.64. The maximum Gasteiger partial charge on any atom is 0.238 e. The van der Waals surface area contributed by atoms with Crippen molar-refractivity contribution in [2.45, 2.75) is 82.3 Å². The van der Waals surface area contributed by atoms with E-state index in [0.29, 0.717) is 29.6 Å². The van der Waals surface area contributed by atoms with E-state index >= 15 is 0 Å². The first-order valence-corrected chi connectivity index (χ1v) is 12.4. The van der Waals surface area contributed by atoms with E-state index in [0.717, 1.165) is 31.4 Å². The molecule has 3 fully saturated rings. The van der Waals surface area contributed by atoms with Crippen LogP contribution in [0, 0.1) is 16.5 Å². The summed E-state index contributed by atoms with van der Waals surface area (Å²) in [6.07, 6.45) is 3.40. The number of fused-ring (bicyclic) bond motifs is 3. The number of hydrogen-bond acceptors (Lipinski definition) is 7. The second-order valence-corrected chi connectivity index (χ2v) is 12.3. The van der Waals surface area contributed by atoms with Crippen molar-refractivity contribution >= 4 is 17.4 Å². The predicted octanol–water partition coefficient (Wildman–Crippen LogP) is 3.49. The minimum Gasteiger partial charge on any atom is -0.762 e. The Bertz CT molecular complexity index is 1110. The first kappa shape index (κ1) is 22.5. The topological polar surface area (TPSA) is 96.4 Å². The second-order valence-electron chi connectivity index (χ2n) is 12.3. The van der Waals surface area contributed by atoms with Crippen LogP contribution in [0.1, 0.15) is 75.7 Å².